The summed E-state index contributed by atoms with van der Waals surface area (Å²) >= 11 is 0. The van der Waals surface area contributed by atoms with Gasteiger partial charge in [0, 0.05) is 12.1 Å². The number of carbonyl (C=O) groups is 1. The minimum Gasteiger partial charge on any atom is -0.349 e. The van der Waals surface area contributed by atoms with E-state index in [-0.39, 0.29) is 18.0 Å². The summed E-state index contributed by atoms with van der Waals surface area (Å²) < 4.78 is 1.83. The number of nitrogens with zero attached hydrogens (tertiary/aromatic N) is 2. The van der Waals surface area contributed by atoms with Gasteiger partial charge in [-0.2, -0.15) is 5.10 Å². The third-order valence-electron chi connectivity index (χ3n) is 4.63. The highest BCUT2D eigenvalue weighted by molar-refractivity contribution is 5.96. The first-order valence-corrected chi connectivity index (χ1v) is 8.24. The van der Waals surface area contributed by atoms with Gasteiger partial charge in [0.1, 0.15) is 0 Å². The summed E-state index contributed by atoms with van der Waals surface area (Å²) in [6.45, 7) is 3.83. The molecule has 0 spiro atoms. The Morgan fingerprint density at radius 3 is 2.48 bits per heavy atom. The normalized spacial score (nSPS) is 21.2. The highest BCUT2D eigenvalue weighted by atomic mass is 16.1. The molecule has 0 bridgehead atoms. The molecule has 1 aromatic heterocycles. The summed E-state index contributed by atoms with van der Waals surface area (Å²) in [7, 11) is 0. The molecule has 5 heteroatoms. The van der Waals surface area contributed by atoms with Gasteiger partial charge in [0.05, 0.1) is 22.6 Å². The minimum atomic E-state index is -0.0253. The Labute approximate surface area is 136 Å². The van der Waals surface area contributed by atoms with E-state index < -0.39 is 0 Å². The maximum atomic E-state index is 12.7. The molecule has 1 saturated carbocycles. The largest absolute Gasteiger partial charge is 0.349 e. The summed E-state index contributed by atoms with van der Waals surface area (Å²) in [5, 5.41) is 7.70. The number of nitrogens with one attached hydrogen (secondary N) is 1. The van der Waals surface area contributed by atoms with E-state index >= 15 is 0 Å². The van der Waals surface area contributed by atoms with Gasteiger partial charge in [0.2, 0.25) is 0 Å². The molecule has 0 aliphatic heterocycles. The Kier molecular flexibility index (Phi) is 4.48. The molecule has 23 heavy (non-hydrogen) atoms. The highest BCUT2D eigenvalue weighted by Crippen LogP contribution is 2.20. The Morgan fingerprint density at radius 2 is 1.83 bits per heavy atom. The molecule has 1 aliphatic rings. The van der Waals surface area contributed by atoms with Gasteiger partial charge in [-0.25, -0.2) is 4.68 Å². The lowest BCUT2D eigenvalue weighted by atomic mass is 9.91. The molecule has 1 heterocycles. The number of benzene rings is 1. The van der Waals surface area contributed by atoms with Crippen molar-refractivity contribution in [2.75, 3.05) is 0 Å². The van der Waals surface area contributed by atoms with Gasteiger partial charge in [-0.05, 0) is 51.7 Å². The van der Waals surface area contributed by atoms with Crippen molar-refractivity contribution in [3.05, 3.63) is 47.3 Å². The van der Waals surface area contributed by atoms with Gasteiger partial charge < -0.3 is 11.1 Å². The predicted octanol–water partition coefficient (Wildman–Crippen LogP) is 2.49. The fourth-order valence-electron chi connectivity index (χ4n) is 3.31. The molecule has 0 radical (unpaired) electrons. The number of nitrogens with two attached hydrogens (primary N) is 1. The van der Waals surface area contributed by atoms with Crippen LogP contribution in [0, 0.1) is 13.8 Å². The van der Waals surface area contributed by atoms with E-state index in [1.165, 1.54) is 0 Å². The van der Waals surface area contributed by atoms with Gasteiger partial charge >= 0.3 is 0 Å². The summed E-state index contributed by atoms with van der Waals surface area (Å²) in [6, 6.07) is 10.4. The van der Waals surface area contributed by atoms with Crippen LogP contribution in [-0.2, 0) is 0 Å². The lowest BCUT2D eigenvalue weighted by Crippen LogP contribution is -2.40. The fourth-order valence-corrected chi connectivity index (χ4v) is 3.31. The topological polar surface area (TPSA) is 72.9 Å². The van der Waals surface area contributed by atoms with Crippen LogP contribution in [0.5, 0.6) is 0 Å². The smallest absolute Gasteiger partial charge is 0.255 e. The van der Waals surface area contributed by atoms with E-state index in [1.807, 2.05) is 48.9 Å². The molecule has 1 amide bonds. The van der Waals surface area contributed by atoms with Gasteiger partial charge in [-0.3, -0.25) is 4.79 Å². The van der Waals surface area contributed by atoms with Gasteiger partial charge in [-0.15, -0.1) is 0 Å². The number of hydrogen-bond donors (Lipinski definition) is 2. The van der Waals surface area contributed by atoms with Crippen molar-refractivity contribution in [3.8, 4) is 5.69 Å². The standard InChI is InChI=1S/C18H24N4O/c1-12-17(18(23)20-15-10-8-14(19)9-11-15)13(2)22(21-12)16-6-4-3-5-7-16/h3-7,14-15H,8-11,19H2,1-2H3,(H,20,23). The first-order chi connectivity index (χ1) is 11.1. The molecular weight excluding hydrogens is 288 g/mol. The fraction of sp³-hybridized carbons (Fsp3) is 0.444. The Hall–Kier alpha value is -2.14. The molecule has 3 rings (SSSR count). The SMILES string of the molecule is Cc1nn(-c2ccccc2)c(C)c1C(=O)NC1CCC(N)CC1. The van der Waals surface area contributed by atoms with Crippen molar-refractivity contribution in [2.45, 2.75) is 51.6 Å². The van der Waals surface area contributed by atoms with Crippen LogP contribution in [-0.4, -0.2) is 27.8 Å². The number of carbonyl (C=O) groups excluding carboxylic acids is 1. The monoisotopic (exact) mass is 312 g/mol. The van der Waals surface area contributed by atoms with Crippen molar-refractivity contribution in [1.82, 2.24) is 15.1 Å². The first-order valence-electron chi connectivity index (χ1n) is 8.24. The quantitative estimate of drug-likeness (QED) is 0.914. The van der Waals surface area contributed by atoms with Crippen molar-refractivity contribution in [3.63, 3.8) is 0 Å². The van der Waals surface area contributed by atoms with Gasteiger partial charge in [0.15, 0.2) is 0 Å². The third kappa shape index (κ3) is 3.29. The summed E-state index contributed by atoms with van der Waals surface area (Å²) in [5.41, 5.74) is 9.22. The summed E-state index contributed by atoms with van der Waals surface area (Å²) in [5.74, 6) is -0.0253. The predicted molar refractivity (Wildman–Crippen MR) is 90.7 cm³/mol. The maximum absolute atomic E-state index is 12.7. The zero-order valence-corrected chi connectivity index (χ0v) is 13.7. The van der Waals surface area contributed by atoms with Crippen molar-refractivity contribution in [2.24, 2.45) is 5.73 Å². The molecule has 1 aliphatic carbocycles. The second kappa shape index (κ2) is 6.54. The van der Waals surface area contributed by atoms with Crippen LogP contribution in [0.25, 0.3) is 5.69 Å². The molecule has 0 saturated heterocycles. The Morgan fingerprint density at radius 1 is 1.17 bits per heavy atom. The number of rotatable bonds is 3. The van der Waals surface area contributed by atoms with E-state index in [2.05, 4.69) is 10.4 Å². The van der Waals surface area contributed by atoms with Gasteiger partial charge in [0.25, 0.3) is 5.91 Å². The molecule has 2 aromatic rings. The second-order valence-electron chi connectivity index (χ2n) is 6.38. The van der Waals surface area contributed by atoms with Crippen molar-refractivity contribution >= 4 is 5.91 Å². The number of amides is 1. The average molecular weight is 312 g/mol. The van der Waals surface area contributed by atoms with Crippen LogP contribution in [0.15, 0.2) is 30.3 Å². The first kappa shape index (κ1) is 15.7. The highest BCUT2D eigenvalue weighted by Gasteiger charge is 2.24. The van der Waals surface area contributed by atoms with Crippen LogP contribution in [0.1, 0.15) is 47.4 Å². The molecule has 5 nitrogen and oxygen atoms in total. The number of para-hydroxylation sites is 1. The third-order valence-corrected chi connectivity index (χ3v) is 4.63. The van der Waals surface area contributed by atoms with E-state index in [0.29, 0.717) is 5.56 Å². The molecule has 0 atom stereocenters. The van der Waals surface area contributed by atoms with E-state index in [1.54, 1.807) is 0 Å². The van der Waals surface area contributed by atoms with Crippen LogP contribution in [0.2, 0.25) is 0 Å². The molecular formula is C18H24N4O. The van der Waals surface area contributed by atoms with E-state index in [4.69, 9.17) is 5.73 Å². The Balaban J connectivity index is 1.80. The van der Waals surface area contributed by atoms with Gasteiger partial charge in [-0.1, -0.05) is 18.2 Å². The van der Waals surface area contributed by atoms with Crippen LogP contribution < -0.4 is 11.1 Å². The lowest BCUT2D eigenvalue weighted by molar-refractivity contribution is 0.0924. The Bertz CT molecular complexity index is 685. The van der Waals surface area contributed by atoms with Crippen LogP contribution in [0.4, 0.5) is 0 Å². The molecule has 1 fully saturated rings. The molecule has 1 aromatic carbocycles. The van der Waals surface area contributed by atoms with E-state index in [0.717, 1.165) is 42.8 Å². The zero-order chi connectivity index (χ0) is 16.4. The molecule has 3 N–H and O–H groups in total. The lowest BCUT2D eigenvalue weighted by Gasteiger charge is -2.26. The second-order valence-corrected chi connectivity index (χ2v) is 6.38. The number of aryl methyl sites for hydroxylation is 1. The summed E-state index contributed by atoms with van der Waals surface area (Å²) in [6.07, 6.45) is 3.87. The zero-order valence-electron chi connectivity index (χ0n) is 13.7. The molecule has 122 valence electrons. The average Bonchev–Trinajstić information content (AvgIpc) is 2.85. The van der Waals surface area contributed by atoms with Crippen LogP contribution in [0.3, 0.4) is 0 Å². The van der Waals surface area contributed by atoms with E-state index in [9.17, 15) is 4.79 Å². The van der Waals surface area contributed by atoms with Crippen molar-refractivity contribution < 1.29 is 4.79 Å². The van der Waals surface area contributed by atoms with Crippen molar-refractivity contribution in [1.29, 1.82) is 0 Å². The number of aromatic nitrogens is 2. The minimum absolute atomic E-state index is 0.0253. The van der Waals surface area contributed by atoms with Crippen LogP contribution >= 0.6 is 0 Å². The summed E-state index contributed by atoms with van der Waals surface area (Å²) in [4.78, 5) is 12.7. The number of hydrogen-bond acceptors (Lipinski definition) is 3. The maximum Gasteiger partial charge on any atom is 0.255 e. The molecule has 0 unspecified atom stereocenters.